The lowest BCUT2D eigenvalue weighted by molar-refractivity contribution is 0.137. The molecule has 6 nitrogen and oxygen atoms in total. The highest BCUT2D eigenvalue weighted by atomic mass is 16.5. The zero-order chi connectivity index (χ0) is 18.4. The molecule has 1 aromatic carbocycles. The number of hydrogen-bond acceptors (Lipinski definition) is 3. The van der Waals surface area contributed by atoms with E-state index in [0.717, 1.165) is 43.7 Å². The number of ether oxygens (including phenoxy) is 1. The smallest absolute Gasteiger partial charge is 0.317 e. The Morgan fingerprint density at radius 3 is 3.08 bits per heavy atom. The molecule has 1 saturated heterocycles. The van der Waals surface area contributed by atoms with E-state index in [1.807, 2.05) is 42.5 Å². The van der Waals surface area contributed by atoms with Gasteiger partial charge in [0.2, 0.25) is 0 Å². The summed E-state index contributed by atoms with van der Waals surface area (Å²) in [5.74, 6) is 1.29. The van der Waals surface area contributed by atoms with Crippen LogP contribution in [-0.4, -0.2) is 47.0 Å². The standard InChI is InChI=1S/C20H28N4O2/c1-16-5-3-7-19(11-16)26-15-18-6-4-10-24(14-18)20(25)21-9-8-17-12-22-23(2)13-17/h3,5,7,11-13,18H,4,6,8-10,14-15H2,1-2H3,(H,21,25)/t18-/m0/s1. The van der Waals surface area contributed by atoms with Crippen molar-refractivity contribution < 1.29 is 9.53 Å². The van der Waals surface area contributed by atoms with Crippen LogP contribution in [0.2, 0.25) is 0 Å². The monoisotopic (exact) mass is 356 g/mol. The number of nitrogens with one attached hydrogen (secondary N) is 1. The van der Waals surface area contributed by atoms with Crippen molar-refractivity contribution in [1.29, 1.82) is 0 Å². The molecule has 1 N–H and O–H groups in total. The summed E-state index contributed by atoms with van der Waals surface area (Å²) in [6, 6.07) is 8.12. The van der Waals surface area contributed by atoms with Crippen molar-refractivity contribution >= 4 is 6.03 Å². The molecule has 2 aromatic rings. The fourth-order valence-electron chi connectivity index (χ4n) is 3.33. The Hall–Kier alpha value is -2.50. The number of aryl methyl sites for hydroxylation is 2. The van der Waals surface area contributed by atoms with E-state index in [0.29, 0.717) is 19.1 Å². The van der Waals surface area contributed by atoms with Crippen molar-refractivity contribution in [1.82, 2.24) is 20.0 Å². The average molecular weight is 356 g/mol. The summed E-state index contributed by atoms with van der Waals surface area (Å²) in [6.07, 6.45) is 6.74. The molecule has 0 spiro atoms. The van der Waals surface area contributed by atoms with Crippen LogP contribution in [0.1, 0.15) is 24.0 Å². The Morgan fingerprint density at radius 1 is 1.42 bits per heavy atom. The van der Waals surface area contributed by atoms with E-state index < -0.39 is 0 Å². The first-order valence-electron chi connectivity index (χ1n) is 9.30. The average Bonchev–Trinajstić information content (AvgIpc) is 3.05. The molecular weight excluding hydrogens is 328 g/mol. The van der Waals surface area contributed by atoms with E-state index in [-0.39, 0.29) is 6.03 Å². The summed E-state index contributed by atoms with van der Waals surface area (Å²) in [6.45, 7) is 4.92. The van der Waals surface area contributed by atoms with E-state index >= 15 is 0 Å². The van der Waals surface area contributed by atoms with Gasteiger partial charge in [-0.1, -0.05) is 12.1 Å². The van der Waals surface area contributed by atoms with Gasteiger partial charge in [-0.05, 0) is 49.4 Å². The van der Waals surface area contributed by atoms with Crippen molar-refractivity contribution in [2.24, 2.45) is 13.0 Å². The van der Waals surface area contributed by atoms with E-state index in [1.54, 1.807) is 4.68 Å². The molecular formula is C20H28N4O2. The maximum Gasteiger partial charge on any atom is 0.317 e. The Morgan fingerprint density at radius 2 is 2.31 bits per heavy atom. The van der Waals surface area contributed by atoms with Gasteiger partial charge in [-0.15, -0.1) is 0 Å². The second-order valence-corrected chi connectivity index (χ2v) is 7.09. The zero-order valence-corrected chi connectivity index (χ0v) is 15.6. The van der Waals surface area contributed by atoms with Gasteiger partial charge in [0.1, 0.15) is 5.75 Å². The molecule has 0 unspecified atom stereocenters. The fraction of sp³-hybridized carbons (Fsp3) is 0.500. The number of piperidine rings is 1. The molecule has 6 heteroatoms. The van der Waals surface area contributed by atoms with Crippen LogP contribution in [0.3, 0.4) is 0 Å². The minimum absolute atomic E-state index is 0.0224. The maximum atomic E-state index is 12.4. The molecule has 140 valence electrons. The van der Waals surface area contributed by atoms with Gasteiger partial charge in [0.05, 0.1) is 12.8 Å². The van der Waals surface area contributed by atoms with Crippen LogP contribution in [0.15, 0.2) is 36.7 Å². The quantitative estimate of drug-likeness (QED) is 0.866. The first-order valence-corrected chi connectivity index (χ1v) is 9.30. The SMILES string of the molecule is Cc1cccc(OC[C@H]2CCCN(C(=O)NCCc3cnn(C)c3)C2)c1. The van der Waals surface area contributed by atoms with Crippen LogP contribution < -0.4 is 10.1 Å². The normalized spacial score (nSPS) is 17.2. The highest BCUT2D eigenvalue weighted by molar-refractivity contribution is 5.74. The fourth-order valence-corrected chi connectivity index (χ4v) is 3.33. The second-order valence-electron chi connectivity index (χ2n) is 7.09. The summed E-state index contributed by atoms with van der Waals surface area (Å²) in [5.41, 5.74) is 2.33. The number of rotatable bonds is 6. The summed E-state index contributed by atoms with van der Waals surface area (Å²) in [7, 11) is 1.90. The van der Waals surface area contributed by atoms with E-state index in [2.05, 4.69) is 23.4 Å². The van der Waals surface area contributed by atoms with Crippen LogP contribution >= 0.6 is 0 Å². The third-order valence-electron chi connectivity index (χ3n) is 4.73. The number of likely N-dealkylation sites (tertiary alicyclic amines) is 1. The molecule has 2 heterocycles. The Balaban J connectivity index is 1.41. The van der Waals surface area contributed by atoms with Gasteiger partial charge in [0.25, 0.3) is 0 Å². The predicted octanol–water partition coefficient (Wildman–Crippen LogP) is 2.77. The number of aromatic nitrogens is 2. The second kappa shape index (κ2) is 8.74. The molecule has 1 fully saturated rings. The Bertz CT molecular complexity index is 728. The Labute approximate surface area is 155 Å². The summed E-state index contributed by atoms with van der Waals surface area (Å²) in [4.78, 5) is 14.3. The zero-order valence-electron chi connectivity index (χ0n) is 15.6. The van der Waals surface area contributed by atoms with Crippen LogP contribution in [0, 0.1) is 12.8 Å². The lowest BCUT2D eigenvalue weighted by Crippen LogP contribution is -2.47. The molecule has 0 aliphatic carbocycles. The maximum absolute atomic E-state index is 12.4. The largest absolute Gasteiger partial charge is 0.493 e. The van der Waals surface area contributed by atoms with Crippen LogP contribution in [0.4, 0.5) is 4.79 Å². The minimum atomic E-state index is 0.0224. The van der Waals surface area contributed by atoms with E-state index in [9.17, 15) is 4.79 Å². The number of nitrogens with zero attached hydrogens (tertiary/aromatic N) is 3. The highest BCUT2D eigenvalue weighted by Gasteiger charge is 2.24. The van der Waals surface area contributed by atoms with Crippen molar-refractivity contribution in [3.63, 3.8) is 0 Å². The summed E-state index contributed by atoms with van der Waals surface area (Å²) >= 11 is 0. The molecule has 26 heavy (non-hydrogen) atoms. The molecule has 0 saturated carbocycles. The van der Waals surface area contributed by atoms with Crippen LogP contribution in [0.5, 0.6) is 5.75 Å². The van der Waals surface area contributed by atoms with Crippen molar-refractivity contribution in [2.45, 2.75) is 26.2 Å². The van der Waals surface area contributed by atoms with Crippen molar-refractivity contribution in [3.8, 4) is 5.75 Å². The molecule has 0 bridgehead atoms. The molecule has 1 atom stereocenters. The van der Waals surface area contributed by atoms with E-state index in [1.165, 1.54) is 5.56 Å². The highest BCUT2D eigenvalue weighted by Crippen LogP contribution is 2.19. The Kier molecular flexibility index (Phi) is 6.15. The van der Waals surface area contributed by atoms with Gasteiger partial charge in [-0.25, -0.2) is 4.79 Å². The number of hydrogen-bond donors (Lipinski definition) is 1. The number of urea groups is 1. The number of amides is 2. The van der Waals surface area contributed by atoms with Gasteiger partial charge in [0, 0.05) is 38.8 Å². The predicted molar refractivity (Wildman–Crippen MR) is 101 cm³/mol. The van der Waals surface area contributed by atoms with Crippen LogP contribution in [-0.2, 0) is 13.5 Å². The van der Waals surface area contributed by atoms with Crippen molar-refractivity contribution in [3.05, 3.63) is 47.8 Å². The number of carbonyl (C=O) groups excluding carboxylic acids is 1. The molecule has 0 radical (unpaired) electrons. The molecule has 2 amide bonds. The van der Waals surface area contributed by atoms with Gasteiger partial charge in [0.15, 0.2) is 0 Å². The number of benzene rings is 1. The van der Waals surface area contributed by atoms with Gasteiger partial charge >= 0.3 is 6.03 Å². The van der Waals surface area contributed by atoms with Gasteiger partial charge in [-0.2, -0.15) is 5.10 Å². The lowest BCUT2D eigenvalue weighted by atomic mass is 9.99. The van der Waals surface area contributed by atoms with E-state index in [4.69, 9.17) is 4.74 Å². The first-order chi connectivity index (χ1) is 12.6. The molecule has 3 rings (SSSR count). The topological polar surface area (TPSA) is 59.4 Å². The molecule has 1 aromatic heterocycles. The number of carbonyl (C=O) groups is 1. The lowest BCUT2D eigenvalue weighted by Gasteiger charge is -2.32. The first kappa shape index (κ1) is 18.3. The molecule has 1 aliphatic rings. The third-order valence-corrected chi connectivity index (χ3v) is 4.73. The summed E-state index contributed by atoms with van der Waals surface area (Å²) < 4.78 is 7.71. The molecule has 1 aliphatic heterocycles. The third kappa shape index (κ3) is 5.25. The van der Waals surface area contributed by atoms with Crippen LogP contribution in [0.25, 0.3) is 0 Å². The van der Waals surface area contributed by atoms with Gasteiger partial charge < -0.3 is 15.0 Å². The van der Waals surface area contributed by atoms with Crippen molar-refractivity contribution in [2.75, 3.05) is 26.2 Å². The van der Waals surface area contributed by atoms with Gasteiger partial charge in [-0.3, -0.25) is 4.68 Å². The minimum Gasteiger partial charge on any atom is -0.493 e. The summed E-state index contributed by atoms with van der Waals surface area (Å²) in [5, 5.41) is 7.17.